The first-order valence-corrected chi connectivity index (χ1v) is 9.18. The molecule has 25 heavy (non-hydrogen) atoms. The topological polar surface area (TPSA) is 32.7 Å². The Hall–Kier alpha value is -2.00. The monoisotopic (exact) mass is 339 g/mol. The SMILES string of the molecule is COc1cccc(C2(O)CCCCC2CN(C)c2ccccc2C)c1. The van der Waals surface area contributed by atoms with Crippen LogP contribution in [0, 0.1) is 12.8 Å². The van der Waals surface area contributed by atoms with Crippen LogP contribution in [0.5, 0.6) is 5.75 Å². The van der Waals surface area contributed by atoms with Crippen LogP contribution in [0.2, 0.25) is 0 Å². The number of benzene rings is 2. The number of aliphatic hydroxyl groups is 1. The molecule has 0 bridgehead atoms. The van der Waals surface area contributed by atoms with E-state index >= 15 is 0 Å². The van der Waals surface area contributed by atoms with Gasteiger partial charge in [0.15, 0.2) is 0 Å². The fourth-order valence-corrected chi connectivity index (χ4v) is 4.16. The van der Waals surface area contributed by atoms with Crippen molar-refractivity contribution in [1.29, 1.82) is 0 Å². The summed E-state index contributed by atoms with van der Waals surface area (Å²) in [7, 11) is 3.80. The van der Waals surface area contributed by atoms with E-state index < -0.39 is 5.60 Å². The minimum Gasteiger partial charge on any atom is -0.497 e. The van der Waals surface area contributed by atoms with Crippen molar-refractivity contribution in [2.45, 2.75) is 38.2 Å². The lowest BCUT2D eigenvalue weighted by atomic mass is 9.71. The van der Waals surface area contributed by atoms with Gasteiger partial charge in [-0.05, 0) is 49.1 Å². The number of hydrogen-bond acceptors (Lipinski definition) is 3. The fourth-order valence-electron chi connectivity index (χ4n) is 4.16. The van der Waals surface area contributed by atoms with Crippen LogP contribution in [0.25, 0.3) is 0 Å². The molecule has 1 aliphatic carbocycles. The summed E-state index contributed by atoms with van der Waals surface area (Å²) in [5.74, 6) is 1.01. The predicted octanol–water partition coefficient (Wildman–Crippen LogP) is 4.52. The van der Waals surface area contributed by atoms with Gasteiger partial charge in [-0.25, -0.2) is 0 Å². The Morgan fingerprint density at radius 1 is 1.16 bits per heavy atom. The first-order valence-electron chi connectivity index (χ1n) is 9.18. The minimum absolute atomic E-state index is 0.206. The second-order valence-electron chi connectivity index (χ2n) is 7.27. The maximum absolute atomic E-state index is 11.6. The van der Waals surface area contributed by atoms with E-state index in [2.05, 4.69) is 43.1 Å². The minimum atomic E-state index is -0.788. The van der Waals surface area contributed by atoms with Crippen LogP contribution in [0.4, 0.5) is 5.69 Å². The number of para-hydroxylation sites is 1. The summed E-state index contributed by atoms with van der Waals surface area (Å²) in [6.07, 6.45) is 4.10. The second-order valence-corrected chi connectivity index (χ2v) is 7.27. The Bertz CT molecular complexity index is 715. The molecule has 0 spiro atoms. The molecule has 2 aromatic carbocycles. The van der Waals surface area contributed by atoms with Crippen molar-refractivity contribution < 1.29 is 9.84 Å². The van der Waals surface area contributed by atoms with Crippen molar-refractivity contribution in [2.75, 3.05) is 25.6 Å². The van der Waals surface area contributed by atoms with Crippen molar-refractivity contribution in [3.63, 3.8) is 0 Å². The van der Waals surface area contributed by atoms with Crippen molar-refractivity contribution in [1.82, 2.24) is 0 Å². The average molecular weight is 339 g/mol. The first kappa shape index (κ1) is 17.8. The zero-order chi connectivity index (χ0) is 17.9. The molecule has 0 aromatic heterocycles. The number of anilines is 1. The number of nitrogens with zero attached hydrogens (tertiary/aromatic N) is 1. The van der Waals surface area contributed by atoms with Crippen molar-refractivity contribution >= 4 is 5.69 Å². The molecule has 3 nitrogen and oxygen atoms in total. The molecular weight excluding hydrogens is 310 g/mol. The molecule has 134 valence electrons. The Morgan fingerprint density at radius 2 is 1.96 bits per heavy atom. The Kier molecular flexibility index (Phi) is 5.33. The molecule has 1 fully saturated rings. The van der Waals surface area contributed by atoms with Gasteiger partial charge in [0, 0.05) is 25.2 Å². The highest BCUT2D eigenvalue weighted by molar-refractivity contribution is 5.52. The molecule has 0 saturated heterocycles. The molecule has 2 unspecified atom stereocenters. The van der Waals surface area contributed by atoms with Gasteiger partial charge in [-0.2, -0.15) is 0 Å². The van der Waals surface area contributed by atoms with Crippen LogP contribution in [0.15, 0.2) is 48.5 Å². The van der Waals surface area contributed by atoms with Gasteiger partial charge >= 0.3 is 0 Å². The van der Waals surface area contributed by atoms with Gasteiger partial charge in [-0.1, -0.05) is 43.2 Å². The third-order valence-corrected chi connectivity index (χ3v) is 5.63. The van der Waals surface area contributed by atoms with Crippen LogP contribution in [0.3, 0.4) is 0 Å². The van der Waals surface area contributed by atoms with Gasteiger partial charge < -0.3 is 14.7 Å². The summed E-state index contributed by atoms with van der Waals surface area (Å²) in [5, 5.41) is 11.6. The van der Waals surface area contributed by atoms with E-state index in [4.69, 9.17) is 4.74 Å². The van der Waals surface area contributed by atoms with Gasteiger partial charge in [-0.3, -0.25) is 0 Å². The number of ether oxygens (including phenoxy) is 1. The number of rotatable bonds is 5. The van der Waals surface area contributed by atoms with Gasteiger partial charge in [0.1, 0.15) is 5.75 Å². The fraction of sp³-hybridized carbons (Fsp3) is 0.455. The van der Waals surface area contributed by atoms with Crippen molar-refractivity contribution in [2.24, 2.45) is 5.92 Å². The summed E-state index contributed by atoms with van der Waals surface area (Å²) in [6.45, 7) is 2.99. The highest BCUT2D eigenvalue weighted by Crippen LogP contribution is 2.43. The lowest BCUT2D eigenvalue weighted by Crippen LogP contribution is -2.44. The molecule has 1 N–H and O–H groups in total. The van der Waals surface area contributed by atoms with Crippen LogP contribution in [0.1, 0.15) is 36.8 Å². The van der Waals surface area contributed by atoms with E-state index in [1.807, 2.05) is 24.3 Å². The summed E-state index contributed by atoms with van der Waals surface area (Å²) >= 11 is 0. The van der Waals surface area contributed by atoms with Crippen LogP contribution >= 0.6 is 0 Å². The van der Waals surface area contributed by atoms with Crippen molar-refractivity contribution in [3.8, 4) is 5.75 Å². The van der Waals surface area contributed by atoms with Gasteiger partial charge in [0.25, 0.3) is 0 Å². The van der Waals surface area contributed by atoms with Crippen LogP contribution in [-0.4, -0.2) is 25.8 Å². The number of hydrogen-bond donors (Lipinski definition) is 1. The maximum Gasteiger partial charge on any atom is 0.119 e. The van der Waals surface area contributed by atoms with Gasteiger partial charge in [-0.15, -0.1) is 0 Å². The summed E-state index contributed by atoms with van der Waals surface area (Å²) < 4.78 is 5.37. The van der Waals surface area contributed by atoms with Gasteiger partial charge in [0.05, 0.1) is 12.7 Å². The number of aryl methyl sites for hydroxylation is 1. The van der Waals surface area contributed by atoms with E-state index in [-0.39, 0.29) is 5.92 Å². The molecule has 0 amide bonds. The Balaban J connectivity index is 1.86. The quantitative estimate of drug-likeness (QED) is 0.869. The first-order chi connectivity index (χ1) is 12.0. The number of methoxy groups -OCH3 is 1. The lowest BCUT2D eigenvalue weighted by Gasteiger charge is -2.42. The zero-order valence-corrected chi connectivity index (χ0v) is 15.5. The molecule has 1 saturated carbocycles. The maximum atomic E-state index is 11.6. The van der Waals surface area contributed by atoms with Crippen LogP contribution in [-0.2, 0) is 5.60 Å². The summed E-state index contributed by atoms with van der Waals surface area (Å²) in [4.78, 5) is 2.29. The highest BCUT2D eigenvalue weighted by Gasteiger charge is 2.41. The molecule has 2 atom stereocenters. The summed E-state index contributed by atoms with van der Waals surface area (Å²) in [6, 6.07) is 16.4. The summed E-state index contributed by atoms with van der Waals surface area (Å²) in [5.41, 5.74) is 2.70. The predicted molar refractivity (Wildman–Crippen MR) is 103 cm³/mol. The smallest absolute Gasteiger partial charge is 0.119 e. The van der Waals surface area contributed by atoms with Crippen LogP contribution < -0.4 is 9.64 Å². The molecule has 0 aliphatic heterocycles. The van der Waals surface area contributed by atoms with E-state index in [9.17, 15) is 5.11 Å². The Morgan fingerprint density at radius 3 is 2.72 bits per heavy atom. The highest BCUT2D eigenvalue weighted by atomic mass is 16.5. The Labute approximate surface area is 151 Å². The zero-order valence-electron chi connectivity index (χ0n) is 15.5. The molecule has 0 heterocycles. The average Bonchev–Trinajstić information content (AvgIpc) is 2.64. The third kappa shape index (κ3) is 3.67. The molecule has 3 heteroatoms. The second kappa shape index (κ2) is 7.49. The third-order valence-electron chi connectivity index (χ3n) is 5.63. The molecule has 3 rings (SSSR count). The lowest BCUT2D eigenvalue weighted by molar-refractivity contribution is -0.0510. The molecule has 1 aliphatic rings. The largest absolute Gasteiger partial charge is 0.497 e. The molecule has 0 radical (unpaired) electrons. The van der Waals surface area contributed by atoms with E-state index in [1.165, 1.54) is 17.7 Å². The normalized spacial score (nSPS) is 23.3. The van der Waals surface area contributed by atoms with Gasteiger partial charge in [0.2, 0.25) is 0 Å². The van der Waals surface area contributed by atoms with E-state index in [0.29, 0.717) is 0 Å². The van der Waals surface area contributed by atoms with E-state index in [0.717, 1.165) is 37.1 Å². The molecular formula is C22H29NO2. The standard InChI is InChI=1S/C22H29NO2/c1-17-9-4-5-13-21(17)23(2)16-19-10-6-7-14-22(19,24)18-11-8-12-20(15-18)25-3/h4-5,8-9,11-13,15,19,24H,6-7,10,14,16H2,1-3H3. The molecule has 2 aromatic rings. The van der Waals surface area contributed by atoms with E-state index in [1.54, 1.807) is 7.11 Å². The van der Waals surface area contributed by atoms with Crippen molar-refractivity contribution in [3.05, 3.63) is 59.7 Å².